The van der Waals surface area contributed by atoms with Crippen LogP contribution in [0.1, 0.15) is 22.0 Å². The van der Waals surface area contributed by atoms with Gasteiger partial charge < -0.3 is 5.32 Å². The lowest BCUT2D eigenvalue weighted by Gasteiger charge is -2.22. The highest BCUT2D eigenvalue weighted by Crippen LogP contribution is 2.32. The summed E-state index contributed by atoms with van der Waals surface area (Å²) in [6, 6.07) is 14.0. The van der Waals surface area contributed by atoms with Gasteiger partial charge in [-0.05, 0) is 42.0 Å². The van der Waals surface area contributed by atoms with Gasteiger partial charge in [-0.25, -0.2) is 12.8 Å². The van der Waals surface area contributed by atoms with E-state index in [-0.39, 0.29) is 21.7 Å². The summed E-state index contributed by atoms with van der Waals surface area (Å²) in [6.45, 7) is 0. The second-order valence-corrected chi connectivity index (χ2v) is 8.15. The number of halogens is 4. The number of anilines is 1. The molecule has 0 aliphatic carbocycles. The number of carbonyl (C=O) groups excluding carboxylic acids is 1. The maximum Gasteiger partial charge on any atom is 0.412 e. The van der Waals surface area contributed by atoms with Gasteiger partial charge in [-0.3, -0.25) is 9.52 Å². The van der Waals surface area contributed by atoms with Crippen molar-refractivity contribution >= 4 is 21.6 Å². The van der Waals surface area contributed by atoms with E-state index in [2.05, 4.69) is 4.72 Å². The summed E-state index contributed by atoms with van der Waals surface area (Å²) >= 11 is 0. The van der Waals surface area contributed by atoms with E-state index in [0.29, 0.717) is 0 Å². The fourth-order valence-corrected chi connectivity index (χ4v) is 3.81. The molecule has 2 N–H and O–H groups in total. The summed E-state index contributed by atoms with van der Waals surface area (Å²) in [5.74, 6) is -1.81. The predicted molar refractivity (Wildman–Crippen MR) is 106 cm³/mol. The van der Waals surface area contributed by atoms with Gasteiger partial charge >= 0.3 is 6.18 Å². The number of rotatable bonds is 6. The number of alkyl halides is 3. The Labute approximate surface area is 175 Å². The summed E-state index contributed by atoms with van der Waals surface area (Å²) < 4.78 is 80.8. The van der Waals surface area contributed by atoms with E-state index >= 15 is 0 Å². The van der Waals surface area contributed by atoms with Crippen molar-refractivity contribution in [2.75, 3.05) is 4.72 Å². The Bertz CT molecular complexity index is 1170. The van der Waals surface area contributed by atoms with Gasteiger partial charge in [0.25, 0.3) is 15.9 Å². The molecule has 0 radical (unpaired) electrons. The van der Waals surface area contributed by atoms with Crippen LogP contribution in [0.2, 0.25) is 0 Å². The first-order valence-corrected chi connectivity index (χ1v) is 10.4. The van der Waals surface area contributed by atoms with Crippen LogP contribution < -0.4 is 10.0 Å². The molecule has 0 spiro atoms. The van der Waals surface area contributed by atoms with E-state index in [9.17, 15) is 30.8 Å². The van der Waals surface area contributed by atoms with Crippen LogP contribution in [0.3, 0.4) is 0 Å². The van der Waals surface area contributed by atoms with Crippen molar-refractivity contribution in [3.8, 4) is 0 Å². The third-order valence-electron chi connectivity index (χ3n) is 4.28. The van der Waals surface area contributed by atoms with Gasteiger partial charge in [0.2, 0.25) is 0 Å². The second-order valence-electron chi connectivity index (χ2n) is 6.47. The molecule has 0 fully saturated rings. The van der Waals surface area contributed by atoms with Gasteiger partial charge in [0, 0.05) is 5.56 Å². The standard InChI is InChI=1S/C21H16F4N2O3S/c22-17-8-4-5-9-18(17)27-31(29,30)16-12-10-15(11-13-16)20(28)26-19(21(23,24)25)14-6-2-1-3-7-14/h1-13,19,27H,(H,26,28). The van der Waals surface area contributed by atoms with Gasteiger partial charge in [-0.1, -0.05) is 42.5 Å². The zero-order valence-corrected chi connectivity index (χ0v) is 16.5. The summed E-state index contributed by atoms with van der Waals surface area (Å²) in [4.78, 5) is 12.1. The van der Waals surface area contributed by atoms with E-state index in [1.165, 1.54) is 42.5 Å². The molecule has 0 heterocycles. The second kappa shape index (κ2) is 8.76. The Morgan fingerprint density at radius 3 is 2.00 bits per heavy atom. The Balaban J connectivity index is 1.79. The molecule has 0 aliphatic heterocycles. The smallest absolute Gasteiger partial charge is 0.337 e. The number of amides is 1. The molecule has 0 saturated heterocycles. The highest BCUT2D eigenvalue weighted by molar-refractivity contribution is 7.92. The van der Waals surface area contributed by atoms with E-state index < -0.39 is 34.0 Å². The molecule has 1 unspecified atom stereocenters. The highest BCUT2D eigenvalue weighted by atomic mass is 32.2. The third kappa shape index (κ3) is 5.40. The van der Waals surface area contributed by atoms with E-state index in [0.717, 1.165) is 30.3 Å². The lowest BCUT2D eigenvalue weighted by molar-refractivity contribution is -0.155. The molecule has 0 bridgehead atoms. The quantitative estimate of drug-likeness (QED) is 0.535. The van der Waals surface area contributed by atoms with Crippen molar-refractivity contribution in [3.05, 3.63) is 95.8 Å². The number of sulfonamides is 1. The number of nitrogens with one attached hydrogen (secondary N) is 2. The van der Waals surface area contributed by atoms with Crippen molar-refractivity contribution in [2.45, 2.75) is 17.1 Å². The zero-order valence-electron chi connectivity index (χ0n) is 15.7. The van der Waals surface area contributed by atoms with Crippen LogP contribution in [-0.2, 0) is 10.0 Å². The Morgan fingerprint density at radius 2 is 1.42 bits per heavy atom. The SMILES string of the molecule is O=C(NC(c1ccccc1)C(F)(F)F)c1ccc(S(=O)(=O)Nc2ccccc2F)cc1. The fraction of sp³-hybridized carbons (Fsp3) is 0.0952. The van der Waals surface area contributed by atoms with Crippen molar-refractivity contribution in [1.29, 1.82) is 0 Å². The molecule has 0 aliphatic rings. The molecule has 3 rings (SSSR count). The number of benzene rings is 3. The van der Waals surface area contributed by atoms with E-state index in [1.54, 1.807) is 6.07 Å². The van der Waals surface area contributed by atoms with Gasteiger partial charge in [0.1, 0.15) is 5.82 Å². The van der Waals surface area contributed by atoms with Crippen molar-refractivity contribution in [3.63, 3.8) is 0 Å². The van der Waals surface area contributed by atoms with Crippen LogP contribution in [0.15, 0.2) is 83.8 Å². The highest BCUT2D eigenvalue weighted by Gasteiger charge is 2.41. The number of hydrogen-bond acceptors (Lipinski definition) is 3. The van der Waals surface area contributed by atoms with E-state index in [1.807, 2.05) is 5.32 Å². The third-order valence-corrected chi connectivity index (χ3v) is 5.66. The Hall–Kier alpha value is -3.40. The first-order chi connectivity index (χ1) is 14.6. The minimum atomic E-state index is -4.73. The minimum Gasteiger partial charge on any atom is -0.337 e. The van der Waals surface area contributed by atoms with Crippen molar-refractivity contribution < 1.29 is 30.8 Å². The molecule has 3 aromatic rings. The number of hydrogen-bond donors (Lipinski definition) is 2. The molecule has 0 aromatic heterocycles. The molecule has 10 heteroatoms. The Morgan fingerprint density at radius 1 is 0.839 bits per heavy atom. The summed E-state index contributed by atoms with van der Waals surface area (Å²) in [6.07, 6.45) is -4.73. The number of para-hydroxylation sites is 1. The first-order valence-electron chi connectivity index (χ1n) is 8.88. The number of carbonyl (C=O) groups is 1. The fourth-order valence-electron chi connectivity index (χ4n) is 2.75. The van der Waals surface area contributed by atoms with Gasteiger partial charge in [-0.2, -0.15) is 13.2 Å². The molecule has 0 saturated carbocycles. The van der Waals surface area contributed by atoms with Crippen molar-refractivity contribution in [1.82, 2.24) is 5.32 Å². The van der Waals surface area contributed by atoms with E-state index in [4.69, 9.17) is 0 Å². The molecule has 5 nitrogen and oxygen atoms in total. The molecule has 3 aromatic carbocycles. The lowest BCUT2D eigenvalue weighted by Crippen LogP contribution is -2.38. The summed E-state index contributed by atoms with van der Waals surface area (Å²) in [7, 11) is -4.17. The molecule has 1 atom stereocenters. The molecular formula is C21H16F4N2O3S. The van der Waals surface area contributed by atoms with Gasteiger partial charge in [0.05, 0.1) is 10.6 Å². The maximum absolute atomic E-state index is 13.7. The van der Waals surface area contributed by atoms with Crippen LogP contribution in [0.5, 0.6) is 0 Å². The topological polar surface area (TPSA) is 75.3 Å². The van der Waals surface area contributed by atoms with Gasteiger partial charge in [0.15, 0.2) is 6.04 Å². The lowest BCUT2D eigenvalue weighted by atomic mass is 10.1. The average Bonchev–Trinajstić information content (AvgIpc) is 2.73. The molecule has 1 amide bonds. The predicted octanol–water partition coefficient (Wildman–Crippen LogP) is 4.66. The van der Waals surface area contributed by atoms with Crippen LogP contribution in [0, 0.1) is 5.82 Å². The van der Waals surface area contributed by atoms with Crippen LogP contribution in [0.25, 0.3) is 0 Å². The zero-order chi connectivity index (χ0) is 22.6. The first kappa shape index (κ1) is 22.3. The monoisotopic (exact) mass is 452 g/mol. The Kier molecular flexibility index (Phi) is 6.30. The van der Waals surface area contributed by atoms with Gasteiger partial charge in [-0.15, -0.1) is 0 Å². The largest absolute Gasteiger partial charge is 0.412 e. The molecular weight excluding hydrogens is 436 g/mol. The van der Waals surface area contributed by atoms with Crippen LogP contribution in [-0.4, -0.2) is 20.5 Å². The molecule has 162 valence electrons. The summed E-state index contributed by atoms with van der Waals surface area (Å²) in [5, 5.41) is 1.92. The maximum atomic E-state index is 13.7. The van der Waals surface area contributed by atoms with Crippen molar-refractivity contribution in [2.24, 2.45) is 0 Å². The van der Waals surface area contributed by atoms with Crippen LogP contribution >= 0.6 is 0 Å². The average molecular weight is 452 g/mol. The normalized spacial score (nSPS) is 12.8. The summed E-state index contributed by atoms with van der Waals surface area (Å²) in [5.41, 5.74) is -0.577. The van der Waals surface area contributed by atoms with Crippen LogP contribution in [0.4, 0.5) is 23.2 Å². The minimum absolute atomic E-state index is 0.142. The molecule has 31 heavy (non-hydrogen) atoms.